The predicted octanol–water partition coefficient (Wildman–Crippen LogP) is 2.25. The van der Waals surface area contributed by atoms with E-state index in [4.69, 9.17) is 24.7 Å². The Kier molecular flexibility index (Phi) is 9.29. The fraction of sp³-hybridized carbons (Fsp3) is 0.611. The Labute approximate surface area is 149 Å². The van der Waals surface area contributed by atoms with Gasteiger partial charge in [0.1, 0.15) is 30.0 Å². The highest BCUT2D eigenvalue weighted by atomic mass is 16.5. The average Bonchev–Trinajstić information content (AvgIpc) is 3.08. The third-order valence-electron chi connectivity index (χ3n) is 4.05. The number of hydrogen-bond donors (Lipinski definition) is 0. The summed E-state index contributed by atoms with van der Waals surface area (Å²) in [5.41, 5.74) is 1.44. The number of ether oxygens (including phenoxy) is 3. The van der Waals surface area contributed by atoms with Crippen LogP contribution in [0.25, 0.3) is 0 Å². The van der Waals surface area contributed by atoms with Crippen LogP contribution in [0, 0.1) is 34.0 Å². The number of nitrogens with zero attached hydrogens (tertiary/aromatic N) is 4. The van der Waals surface area contributed by atoms with Crippen LogP contribution in [0.15, 0.2) is 22.4 Å². The molecule has 1 aliphatic rings. The van der Waals surface area contributed by atoms with E-state index < -0.39 is 0 Å². The van der Waals surface area contributed by atoms with Gasteiger partial charge in [0.2, 0.25) is 0 Å². The lowest BCUT2D eigenvalue weighted by Crippen LogP contribution is -2.32. The Morgan fingerprint density at radius 1 is 1.04 bits per heavy atom. The van der Waals surface area contributed by atoms with Gasteiger partial charge in [-0.25, -0.2) is 0 Å². The summed E-state index contributed by atoms with van der Waals surface area (Å²) in [6, 6.07) is 5.80. The van der Waals surface area contributed by atoms with Gasteiger partial charge in [-0.2, -0.15) is 15.8 Å². The van der Waals surface area contributed by atoms with Crippen LogP contribution in [-0.4, -0.2) is 51.2 Å². The molecule has 1 atom stereocenters. The van der Waals surface area contributed by atoms with E-state index in [1.807, 2.05) is 24.0 Å². The highest BCUT2D eigenvalue weighted by Crippen LogP contribution is 2.27. The summed E-state index contributed by atoms with van der Waals surface area (Å²) in [7, 11) is 1.62. The van der Waals surface area contributed by atoms with Crippen molar-refractivity contribution in [2.75, 3.05) is 40.1 Å². The fourth-order valence-electron chi connectivity index (χ4n) is 2.68. The van der Waals surface area contributed by atoms with Gasteiger partial charge in [-0.1, -0.05) is 0 Å². The highest BCUT2D eigenvalue weighted by Gasteiger charge is 2.27. The molecule has 25 heavy (non-hydrogen) atoms. The van der Waals surface area contributed by atoms with Crippen LogP contribution in [0.2, 0.25) is 0 Å². The Balaban J connectivity index is 2.79. The van der Waals surface area contributed by atoms with Crippen molar-refractivity contribution in [2.24, 2.45) is 0 Å². The van der Waals surface area contributed by atoms with Crippen LogP contribution in [0.4, 0.5) is 0 Å². The van der Waals surface area contributed by atoms with Gasteiger partial charge >= 0.3 is 0 Å². The minimum Gasteiger partial charge on any atom is -0.382 e. The van der Waals surface area contributed by atoms with Crippen LogP contribution >= 0.6 is 0 Å². The molecule has 0 spiro atoms. The van der Waals surface area contributed by atoms with Gasteiger partial charge in [0, 0.05) is 19.4 Å². The van der Waals surface area contributed by atoms with E-state index in [2.05, 4.69) is 6.07 Å². The summed E-state index contributed by atoms with van der Waals surface area (Å²) in [4.78, 5) is 2.02. The van der Waals surface area contributed by atoms with Crippen molar-refractivity contribution in [1.82, 2.24) is 4.90 Å². The molecule has 0 radical (unpaired) electrons. The minimum atomic E-state index is -0.130. The van der Waals surface area contributed by atoms with E-state index in [0.29, 0.717) is 37.6 Å². The van der Waals surface area contributed by atoms with E-state index in [1.54, 1.807) is 14.0 Å². The second kappa shape index (κ2) is 11.2. The molecule has 1 fully saturated rings. The molecule has 0 aromatic heterocycles. The quantitative estimate of drug-likeness (QED) is 0.359. The highest BCUT2D eigenvalue weighted by molar-refractivity contribution is 5.54. The van der Waals surface area contributed by atoms with Crippen molar-refractivity contribution in [3.05, 3.63) is 22.4 Å². The Hall–Kier alpha value is -2.37. The van der Waals surface area contributed by atoms with Crippen molar-refractivity contribution < 1.29 is 14.2 Å². The van der Waals surface area contributed by atoms with Gasteiger partial charge in [0.15, 0.2) is 0 Å². The van der Waals surface area contributed by atoms with Gasteiger partial charge in [-0.05, 0) is 32.3 Å². The maximum atomic E-state index is 9.49. The molecule has 0 saturated carbocycles. The first kappa shape index (κ1) is 20.7. The van der Waals surface area contributed by atoms with Crippen LogP contribution in [0.3, 0.4) is 0 Å². The summed E-state index contributed by atoms with van der Waals surface area (Å²) in [5.74, 6) is 0. The van der Waals surface area contributed by atoms with Gasteiger partial charge in [-0.15, -0.1) is 0 Å². The number of allylic oxidation sites excluding steroid dienone is 4. The van der Waals surface area contributed by atoms with Crippen LogP contribution in [0.1, 0.15) is 26.7 Å². The molecule has 1 rings (SSSR count). The van der Waals surface area contributed by atoms with Crippen molar-refractivity contribution >= 4 is 0 Å². The second-order valence-electron chi connectivity index (χ2n) is 5.56. The first-order valence-electron chi connectivity index (χ1n) is 8.18. The van der Waals surface area contributed by atoms with E-state index in [-0.39, 0.29) is 11.8 Å². The van der Waals surface area contributed by atoms with Gasteiger partial charge < -0.3 is 19.1 Å². The van der Waals surface area contributed by atoms with E-state index in [1.165, 1.54) is 0 Å². The molecule has 1 unspecified atom stereocenters. The average molecular weight is 344 g/mol. The number of methoxy groups -OCH3 is 1. The zero-order valence-electron chi connectivity index (χ0n) is 15.0. The van der Waals surface area contributed by atoms with Crippen molar-refractivity contribution in [1.29, 1.82) is 15.8 Å². The summed E-state index contributed by atoms with van der Waals surface area (Å²) in [6.07, 6.45) is 1.69. The lowest BCUT2D eigenvalue weighted by atomic mass is 10.0. The molecule has 0 aromatic rings. The Bertz CT molecular complexity index is 618. The molecule has 1 aliphatic heterocycles. The zero-order valence-corrected chi connectivity index (χ0v) is 15.0. The number of nitriles is 3. The fourth-order valence-corrected chi connectivity index (χ4v) is 2.68. The van der Waals surface area contributed by atoms with Crippen LogP contribution < -0.4 is 0 Å². The molecule has 7 heteroatoms. The van der Waals surface area contributed by atoms with E-state index in [9.17, 15) is 5.26 Å². The summed E-state index contributed by atoms with van der Waals surface area (Å²) >= 11 is 0. The van der Waals surface area contributed by atoms with E-state index in [0.717, 1.165) is 25.1 Å². The number of likely N-dealkylation sites (tertiary alicyclic amines) is 1. The molecular formula is C18H24N4O3. The topological polar surface area (TPSA) is 102 Å². The molecule has 0 amide bonds. The predicted molar refractivity (Wildman–Crippen MR) is 90.6 cm³/mol. The summed E-state index contributed by atoms with van der Waals surface area (Å²) in [5, 5.41) is 27.5. The van der Waals surface area contributed by atoms with Crippen molar-refractivity contribution in [3.8, 4) is 18.2 Å². The second-order valence-corrected chi connectivity index (χ2v) is 5.56. The molecule has 7 nitrogen and oxygen atoms in total. The van der Waals surface area contributed by atoms with E-state index >= 15 is 0 Å². The standard InChI is InChI=1S/C18H24N4O3/c1-14(16(11-19)12-20)17(13-21)15(2)22-6-4-5-18(22)25-10-9-24-8-7-23-3/h18H,4-10H2,1-3H3/b17-15+. The molecule has 0 aromatic carbocycles. The summed E-state index contributed by atoms with van der Waals surface area (Å²) in [6.45, 7) is 6.23. The maximum absolute atomic E-state index is 9.49. The molecule has 1 saturated heterocycles. The first-order chi connectivity index (χ1) is 12.1. The molecular weight excluding hydrogens is 320 g/mol. The number of hydrogen-bond acceptors (Lipinski definition) is 7. The molecule has 134 valence electrons. The van der Waals surface area contributed by atoms with Gasteiger partial charge in [0.05, 0.1) is 32.0 Å². The molecule has 0 bridgehead atoms. The summed E-state index contributed by atoms with van der Waals surface area (Å²) < 4.78 is 16.2. The SMILES string of the molecule is COCCOCCOC1CCCN1/C(C)=C(\C#N)C(C)=C(C#N)C#N. The third kappa shape index (κ3) is 5.89. The lowest BCUT2D eigenvalue weighted by molar-refractivity contribution is -0.0493. The van der Waals surface area contributed by atoms with Crippen LogP contribution in [0.5, 0.6) is 0 Å². The molecule has 1 heterocycles. The van der Waals surface area contributed by atoms with Gasteiger partial charge in [0.25, 0.3) is 0 Å². The Morgan fingerprint density at radius 2 is 1.72 bits per heavy atom. The first-order valence-corrected chi connectivity index (χ1v) is 8.18. The van der Waals surface area contributed by atoms with Crippen LogP contribution in [-0.2, 0) is 14.2 Å². The lowest BCUT2D eigenvalue weighted by Gasteiger charge is -2.28. The van der Waals surface area contributed by atoms with Crippen molar-refractivity contribution in [2.45, 2.75) is 32.9 Å². The Morgan fingerprint density at radius 3 is 2.32 bits per heavy atom. The third-order valence-corrected chi connectivity index (χ3v) is 4.05. The normalized spacial score (nSPS) is 17.3. The smallest absolute Gasteiger partial charge is 0.133 e. The van der Waals surface area contributed by atoms with Gasteiger partial charge in [-0.3, -0.25) is 0 Å². The zero-order chi connectivity index (χ0) is 18.7. The minimum absolute atomic E-state index is 0.0425. The molecule has 0 N–H and O–H groups in total. The number of rotatable bonds is 9. The van der Waals surface area contributed by atoms with Crippen molar-refractivity contribution in [3.63, 3.8) is 0 Å². The molecule has 0 aliphatic carbocycles. The largest absolute Gasteiger partial charge is 0.382 e. The maximum Gasteiger partial charge on any atom is 0.133 e. The monoisotopic (exact) mass is 344 g/mol.